The molecule has 0 radical (unpaired) electrons. The van der Waals surface area contributed by atoms with Crippen LogP contribution in [0.2, 0.25) is 10.2 Å². The SMILES string of the molecule is Cn1cncc1C(N)(c1cccc(Cl)c1)c1ccc2c(c1)c(-c1cccc(Cl)n1)cc(=O)n2C. The zero-order chi connectivity index (χ0) is 24.0. The lowest BCUT2D eigenvalue weighted by Crippen LogP contribution is -2.41. The number of fused-ring (bicyclic) bond motifs is 1. The molecule has 3 aromatic heterocycles. The number of halogens is 2. The van der Waals surface area contributed by atoms with Crippen LogP contribution < -0.4 is 11.3 Å². The molecule has 1 atom stereocenters. The standard InChI is InChI=1S/C26H21Cl2N5O/c1-32-15-30-14-23(32)26(29,16-5-3-6-18(27)11-16)17-9-10-22-20(12-17)19(13-25(34)33(22)2)21-7-4-8-24(28)31-21/h3-15H,29H2,1-2H3. The fraction of sp³-hybridized carbons (Fsp3) is 0.115. The molecule has 0 fully saturated rings. The largest absolute Gasteiger partial charge is 0.336 e. The summed E-state index contributed by atoms with van der Waals surface area (Å²) in [5.74, 6) is 0. The van der Waals surface area contributed by atoms with Crippen molar-refractivity contribution in [1.29, 1.82) is 0 Å². The number of hydrogen-bond acceptors (Lipinski definition) is 4. The van der Waals surface area contributed by atoms with Crippen molar-refractivity contribution in [2.75, 3.05) is 0 Å². The molecular weight excluding hydrogens is 469 g/mol. The van der Waals surface area contributed by atoms with Gasteiger partial charge in [-0.05, 0) is 47.5 Å². The van der Waals surface area contributed by atoms with E-state index in [1.807, 2.05) is 66.2 Å². The predicted molar refractivity (Wildman–Crippen MR) is 136 cm³/mol. The quantitative estimate of drug-likeness (QED) is 0.364. The molecule has 0 bridgehead atoms. The van der Waals surface area contributed by atoms with Crippen LogP contribution in [-0.4, -0.2) is 19.1 Å². The lowest BCUT2D eigenvalue weighted by molar-refractivity contribution is 0.596. The van der Waals surface area contributed by atoms with Crippen molar-refractivity contribution >= 4 is 34.1 Å². The molecule has 0 spiro atoms. The molecule has 8 heteroatoms. The van der Waals surface area contributed by atoms with Gasteiger partial charge < -0.3 is 14.9 Å². The van der Waals surface area contributed by atoms with Crippen LogP contribution >= 0.6 is 23.2 Å². The van der Waals surface area contributed by atoms with Gasteiger partial charge in [-0.1, -0.05) is 47.5 Å². The highest BCUT2D eigenvalue weighted by Crippen LogP contribution is 2.37. The molecule has 0 saturated heterocycles. The average Bonchev–Trinajstić information content (AvgIpc) is 3.27. The number of rotatable bonds is 4. The summed E-state index contributed by atoms with van der Waals surface area (Å²) in [6.07, 6.45) is 3.47. The molecule has 0 saturated carbocycles. The van der Waals surface area contributed by atoms with Crippen LogP contribution in [0.3, 0.4) is 0 Å². The Bertz CT molecular complexity index is 1610. The number of benzene rings is 2. The van der Waals surface area contributed by atoms with Gasteiger partial charge in [-0.2, -0.15) is 0 Å². The van der Waals surface area contributed by atoms with E-state index in [-0.39, 0.29) is 5.56 Å². The number of hydrogen-bond donors (Lipinski definition) is 1. The summed E-state index contributed by atoms with van der Waals surface area (Å²) in [6, 6.07) is 20.3. The molecule has 5 aromatic rings. The van der Waals surface area contributed by atoms with Crippen LogP contribution in [0.5, 0.6) is 0 Å². The van der Waals surface area contributed by atoms with E-state index in [9.17, 15) is 4.79 Å². The van der Waals surface area contributed by atoms with Gasteiger partial charge in [0.2, 0.25) is 0 Å². The number of nitrogens with zero attached hydrogens (tertiary/aromatic N) is 4. The molecule has 2 aromatic carbocycles. The summed E-state index contributed by atoms with van der Waals surface area (Å²) in [5.41, 5.74) is 10.5. The molecule has 0 aliphatic carbocycles. The Morgan fingerprint density at radius 3 is 2.41 bits per heavy atom. The number of nitrogens with two attached hydrogens (primary N) is 1. The second kappa shape index (κ2) is 8.40. The predicted octanol–water partition coefficient (Wildman–Crippen LogP) is 4.89. The first-order valence-corrected chi connectivity index (χ1v) is 11.3. The zero-order valence-electron chi connectivity index (χ0n) is 18.5. The summed E-state index contributed by atoms with van der Waals surface area (Å²) < 4.78 is 3.50. The summed E-state index contributed by atoms with van der Waals surface area (Å²) in [5, 5.41) is 1.76. The smallest absolute Gasteiger partial charge is 0.251 e. The summed E-state index contributed by atoms with van der Waals surface area (Å²) in [4.78, 5) is 21.5. The third-order valence-corrected chi connectivity index (χ3v) is 6.64. The van der Waals surface area contributed by atoms with Crippen LogP contribution in [0.4, 0.5) is 0 Å². The first-order chi connectivity index (χ1) is 16.3. The third kappa shape index (κ3) is 3.60. The number of pyridine rings is 2. The van der Waals surface area contributed by atoms with Crippen LogP contribution in [0.1, 0.15) is 16.8 Å². The lowest BCUT2D eigenvalue weighted by atomic mass is 9.80. The number of imidazole rings is 1. The van der Waals surface area contributed by atoms with E-state index in [1.54, 1.807) is 36.3 Å². The van der Waals surface area contributed by atoms with Gasteiger partial charge in [-0.15, -0.1) is 0 Å². The highest BCUT2D eigenvalue weighted by molar-refractivity contribution is 6.30. The van der Waals surface area contributed by atoms with Crippen molar-refractivity contribution in [2.45, 2.75) is 5.54 Å². The fourth-order valence-corrected chi connectivity index (χ4v) is 4.76. The summed E-state index contributed by atoms with van der Waals surface area (Å²) in [7, 11) is 3.65. The van der Waals surface area contributed by atoms with Gasteiger partial charge in [-0.3, -0.25) is 4.79 Å². The van der Waals surface area contributed by atoms with Crippen LogP contribution in [0, 0.1) is 0 Å². The monoisotopic (exact) mass is 489 g/mol. The average molecular weight is 490 g/mol. The maximum absolute atomic E-state index is 12.7. The maximum atomic E-state index is 12.7. The van der Waals surface area contributed by atoms with Crippen molar-refractivity contribution in [1.82, 2.24) is 19.1 Å². The number of aryl methyl sites for hydroxylation is 2. The second-order valence-electron chi connectivity index (χ2n) is 8.24. The molecule has 170 valence electrons. The topological polar surface area (TPSA) is 78.7 Å². The minimum absolute atomic E-state index is 0.141. The normalized spacial score (nSPS) is 13.2. The molecule has 0 aliphatic heterocycles. The van der Waals surface area contributed by atoms with Crippen LogP contribution in [0.25, 0.3) is 22.2 Å². The first kappa shape index (κ1) is 22.3. The molecule has 0 amide bonds. The van der Waals surface area contributed by atoms with E-state index in [0.717, 1.165) is 27.7 Å². The second-order valence-corrected chi connectivity index (χ2v) is 9.06. The highest BCUT2D eigenvalue weighted by Gasteiger charge is 2.35. The zero-order valence-corrected chi connectivity index (χ0v) is 20.0. The van der Waals surface area contributed by atoms with Crippen molar-refractivity contribution in [3.05, 3.63) is 117 Å². The molecule has 2 N–H and O–H groups in total. The first-order valence-electron chi connectivity index (χ1n) is 10.6. The van der Waals surface area contributed by atoms with E-state index in [4.69, 9.17) is 28.9 Å². The molecule has 1 unspecified atom stereocenters. The van der Waals surface area contributed by atoms with E-state index in [2.05, 4.69) is 9.97 Å². The van der Waals surface area contributed by atoms with Gasteiger partial charge >= 0.3 is 0 Å². The summed E-state index contributed by atoms with van der Waals surface area (Å²) in [6.45, 7) is 0. The summed E-state index contributed by atoms with van der Waals surface area (Å²) >= 11 is 12.5. The molecule has 6 nitrogen and oxygen atoms in total. The van der Waals surface area contributed by atoms with E-state index in [1.165, 1.54) is 0 Å². The Kier molecular flexibility index (Phi) is 5.52. The lowest BCUT2D eigenvalue weighted by Gasteiger charge is -2.32. The molecule has 5 rings (SSSR count). The Morgan fingerprint density at radius 1 is 0.941 bits per heavy atom. The Labute approximate surface area is 206 Å². The van der Waals surface area contributed by atoms with E-state index < -0.39 is 5.54 Å². The molecule has 34 heavy (non-hydrogen) atoms. The minimum atomic E-state index is -1.06. The Morgan fingerprint density at radius 2 is 1.71 bits per heavy atom. The highest BCUT2D eigenvalue weighted by atomic mass is 35.5. The molecular formula is C26H21Cl2N5O. The van der Waals surface area contributed by atoms with Crippen molar-refractivity contribution in [3.63, 3.8) is 0 Å². The van der Waals surface area contributed by atoms with Crippen molar-refractivity contribution in [3.8, 4) is 11.3 Å². The van der Waals surface area contributed by atoms with Gasteiger partial charge in [-0.25, -0.2) is 9.97 Å². The fourth-order valence-electron chi connectivity index (χ4n) is 4.41. The van der Waals surface area contributed by atoms with Crippen molar-refractivity contribution < 1.29 is 0 Å². The Balaban J connectivity index is 1.85. The van der Waals surface area contributed by atoms with Gasteiger partial charge in [0.1, 0.15) is 10.7 Å². The molecule has 0 aliphatic rings. The van der Waals surface area contributed by atoms with Crippen LogP contribution in [-0.2, 0) is 19.6 Å². The van der Waals surface area contributed by atoms with Gasteiger partial charge in [0.05, 0.1) is 29.4 Å². The molecule has 3 heterocycles. The van der Waals surface area contributed by atoms with E-state index in [0.29, 0.717) is 21.4 Å². The third-order valence-electron chi connectivity index (χ3n) is 6.19. The van der Waals surface area contributed by atoms with Gasteiger partial charge in [0, 0.05) is 36.1 Å². The van der Waals surface area contributed by atoms with Crippen LogP contribution in [0.15, 0.2) is 84.0 Å². The van der Waals surface area contributed by atoms with E-state index >= 15 is 0 Å². The van der Waals surface area contributed by atoms with Crippen molar-refractivity contribution in [2.24, 2.45) is 19.8 Å². The van der Waals surface area contributed by atoms with Gasteiger partial charge in [0.25, 0.3) is 5.56 Å². The van der Waals surface area contributed by atoms with Gasteiger partial charge in [0.15, 0.2) is 0 Å². The minimum Gasteiger partial charge on any atom is -0.336 e. The Hall–Kier alpha value is -3.45. The maximum Gasteiger partial charge on any atom is 0.251 e. The number of aromatic nitrogens is 4.